The van der Waals surface area contributed by atoms with E-state index in [9.17, 15) is 0 Å². The average Bonchev–Trinajstić information content (AvgIpc) is 2.53. The molecule has 0 saturated carbocycles. The van der Waals surface area contributed by atoms with Gasteiger partial charge in [0.05, 0.1) is 0 Å². The zero-order valence-corrected chi connectivity index (χ0v) is 14.3. The third-order valence-corrected chi connectivity index (χ3v) is 4.83. The Morgan fingerprint density at radius 1 is 0.952 bits per heavy atom. The van der Waals surface area contributed by atoms with Crippen molar-refractivity contribution in [2.75, 3.05) is 37.6 Å². The average molecular weight is 288 g/mol. The molecule has 1 saturated heterocycles. The van der Waals surface area contributed by atoms with E-state index in [0.717, 1.165) is 5.92 Å². The largest absolute Gasteiger partial charge is 0.369 e. The van der Waals surface area contributed by atoms with E-state index in [1.807, 2.05) is 0 Å². The number of nitrogens with zero attached hydrogens (tertiary/aromatic N) is 2. The van der Waals surface area contributed by atoms with Crippen molar-refractivity contribution in [3.05, 3.63) is 29.8 Å². The maximum atomic E-state index is 2.62. The summed E-state index contributed by atoms with van der Waals surface area (Å²) < 4.78 is 0. The number of anilines is 1. The van der Waals surface area contributed by atoms with Crippen molar-refractivity contribution < 1.29 is 0 Å². The fourth-order valence-electron chi connectivity index (χ4n) is 2.92. The Labute approximate surface area is 131 Å². The zero-order chi connectivity index (χ0) is 15.2. The summed E-state index contributed by atoms with van der Waals surface area (Å²) in [5.74, 6) is 1.49. The van der Waals surface area contributed by atoms with Crippen molar-refractivity contribution in [1.29, 1.82) is 0 Å². The number of piperazine rings is 1. The van der Waals surface area contributed by atoms with Gasteiger partial charge < -0.3 is 4.90 Å². The van der Waals surface area contributed by atoms with Crippen LogP contribution in [0.5, 0.6) is 0 Å². The lowest BCUT2D eigenvalue weighted by molar-refractivity contribution is 0.244. The van der Waals surface area contributed by atoms with Crippen LogP contribution in [0.3, 0.4) is 0 Å². The van der Waals surface area contributed by atoms with Crippen LogP contribution in [-0.2, 0) is 0 Å². The summed E-state index contributed by atoms with van der Waals surface area (Å²) in [6, 6.07) is 9.25. The summed E-state index contributed by atoms with van der Waals surface area (Å²) in [4.78, 5) is 5.15. The van der Waals surface area contributed by atoms with Crippen LogP contribution in [0, 0.1) is 5.92 Å². The second kappa shape index (κ2) is 7.84. The molecule has 0 aliphatic carbocycles. The van der Waals surface area contributed by atoms with Gasteiger partial charge in [0.15, 0.2) is 0 Å². The molecule has 21 heavy (non-hydrogen) atoms. The van der Waals surface area contributed by atoms with E-state index >= 15 is 0 Å². The van der Waals surface area contributed by atoms with Gasteiger partial charge in [0.2, 0.25) is 0 Å². The highest BCUT2D eigenvalue weighted by Crippen LogP contribution is 2.23. The van der Waals surface area contributed by atoms with E-state index in [0.29, 0.717) is 5.92 Å². The standard InChI is InChI=1S/C19H32N2/c1-5-17(4)18-6-8-19(9-7-18)21-14-12-20(13-15-21)11-10-16(2)3/h6-9,16-17H,5,10-15H2,1-4H3. The molecule has 1 aromatic rings. The first-order valence-corrected chi connectivity index (χ1v) is 8.67. The maximum absolute atomic E-state index is 2.62. The Kier molecular flexibility index (Phi) is 6.10. The predicted molar refractivity (Wildman–Crippen MR) is 93.3 cm³/mol. The third kappa shape index (κ3) is 4.74. The van der Waals surface area contributed by atoms with E-state index in [1.54, 1.807) is 0 Å². The van der Waals surface area contributed by atoms with Gasteiger partial charge in [-0.05, 0) is 48.9 Å². The predicted octanol–water partition coefficient (Wildman–Crippen LogP) is 4.37. The van der Waals surface area contributed by atoms with Gasteiger partial charge in [-0.2, -0.15) is 0 Å². The zero-order valence-electron chi connectivity index (χ0n) is 14.3. The Hall–Kier alpha value is -1.02. The van der Waals surface area contributed by atoms with Crippen molar-refractivity contribution in [3.63, 3.8) is 0 Å². The molecule has 0 bridgehead atoms. The first-order valence-electron chi connectivity index (χ1n) is 8.67. The lowest BCUT2D eigenvalue weighted by Gasteiger charge is -2.36. The Balaban J connectivity index is 1.84. The Bertz CT molecular complexity index is 402. The van der Waals surface area contributed by atoms with Gasteiger partial charge >= 0.3 is 0 Å². The van der Waals surface area contributed by atoms with E-state index in [-0.39, 0.29) is 0 Å². The summed E-state index contributed by atoms with van der Waals surface area (Å²) in [7, 11) is 0. The molecular weight excluding hydrogens is 256 g/mol. The fourth-order valence-corrected chi connectivity index (χ4v) is 2.92. The first-order chi connectivity index (χ1) is 10.1. The first kappa shape index (κ1) is 16.4. The molecule has 1 heterocycles. The molecule has 1 unspecified atom stereocenters. The quantitative estimate of drug-likeness (QED) is 0.767. The summed E-state index contributed by atoms with van der Waals surface area (Å²) in [5.41, 5.74) is 2.86. The van der Waals surface area contributed by atoms with Crippen molar-refractivity contribution >= 4 is 5.69 Å². The monoisotopic (exact) mass is 288 g/mol. The van der Waals surface area contributed by atoms with Crippen LogP contribution in [0.2, 0.25) is 0 Å². The van der Waals surface area contributed by atoms with Crippen molar-refractivity contribution in [2.24, 2.45) is 5.92 Å². The molecular formula is C19H32N2. The van der Waals surface area contributed by atoms with E-state index in [1.165, 1.54) is 56.8 Å². The molecule has 1 aromatic carbocycles. The molecule has 1 aliphatic heterocycles. The maximum Gasteiger partial charge on any atom is 0.0367 e. The Morgan fingerprint density at radius 2 is 1.57 bits per heavy atom. The van der Waals surface area contributed by atoms with Gasteiger partial charge in [-0.25, -0.2) is 0 Å². The summed E-state index contributed by atoms with van der Waals surface area (Å²) in [6.07, 6.45) is 2.54. The highest BCUT2D eigenvalue weighted by Gasteiger charge is 2.17. The molecule has 0 spiro atoms. The van der Waals surface area contributed by atoms with Crippen LogP contribution in [0.25, 0.3) is 0 Å². The van der Waals surface area contributed by atoms with Crippen LogP contribution in [0.1, 0.15) is 52.0 Å². The summed E-state index contributed by atoms with van der Waals surface area (Å²) >= 11 is 0. The van der Waals surface area contributed by atoms with E-state index in [4.69, 9.17) is 0 Å². The molecule has 0 aromatic heterocycles. The van der Waals surface area contributed by atoms with Gasteiger partial charge in [0.25, 0.3) is 0 Å². The molecule has 1 fully saturated rings. The van der Waals surface area contributed by atoms with E-state index in [2.05, 4.69) is 61.8 Å². The van der Waals surface area contributed by atoms with Gasteiger partial charge in [-0.1, -0.05) is 39.8 Å². The molecule has 1 aliphatic rings. The van der Waals surface area contributed by atoms with Gasteiger partial charge in [0, 0.05) is 31.9 Å². The summed E-state index contributed by atoms with van der Waals surface area (Å²) in [5, 5.41) is 0. The molecule has 2 nitrogen and oxygen atoms in total. The number of hydrogen-bond acceptors (Lipinski definition) is 2. The van der Waals surface area contributed by atoms with Gasteiger partial charge in [-0.15, -0.1) is 0 Å². The number of benzene rings is 1. The molecule has 1 atom stereocenters. The second-order valence-electron chi connectivity index (χ2n) is 6.91. The fraction of sp³-hybridized carbons (Fsp3) is 0.684. The van der Waals surface area contributed by atoms with Crippen molar-refractivity contribution in [2.45, 2.75) is 46.5 Å². The van der Waals surface area contributed by atoms with E-state index < -0.39 is 0 Å². The van der Waals surface area contributed by atoms with Gasteiger partial charge in [0.1, 0.15) is 0 Å². The van der Waals surface area contributed by atoms with Crippen LogP contribution < -0.4 is 4.90 Å². The minimum absolute atomic E-state index is 0.673. The van der Waals surface area contributed by atoms with Gasteiger partial charge in [-0.3, -0.25) is 4.90 Å². The van der Waals surface area contributed by atoms with Crippen LogP contribution in [0.4, 0.5) is 5.69 Å². The summed E-state index contributed by atoms with van der Waals surface area (Å²) in [6.45, 7) is 15.2. The van der Waals surface area contributed by atoms with Crippen molar-refractivity contribution in [3.8, 4) is 0 Å². The second-order valence-corrected chi connectivity index (χ2v) is 6.91. The van der Waals surface area contributed by atoms with Crippen LogP contribution in [-0.4, -0.2) is 37.6 Å². The third-order valence-electron chi connectivity index (χ3n) is 4.83. The van der Waals surface area contributed by atoms with Crippen LogP contribution in [0.15, 0.2) is 24.3 Å². The molecule has 2 heteroatoms. The number of hydrogen-bond donors (Lipinski definition) is 0. The molecule has 2 rings (SSSR count). The molecule has 0 amide bonds. The highest BCUT2D eigenvalue weighted by atomic mass is 15.3. The molecule has 0 N–H and O–H groups in total. The smallest absolute Gasteiger partial charge is 0.0367 e. The van der Waals surface area contributed by atoms with Crippen LogP contribution >= 0.6 is 0 Å². The molecule has 118 valence electrons. The SMILES string of the molecule is CCC(C)c1ccc(N2CCN(CCC(C)C)CC2)cc1. The lowest BCUT2D eigenvalue weighted by Crippen LogP contribution is -2.46. The molecule has 0 radical (unpaired) electrons. The highest BCUT2D eigenvalue weighted by molar-refractivity contribution is 5.48. The lowest BCUT2D eigenvalue weighted by atomic mass is 9.98. The minimum atomic E-state index is 0.673. The normalized spacial score (nSPS) is 18.2. The topological polar surface area (TPSA) is 6.48 Å². The Morgan fingerprint density at radius 3 is 2.10 bits per heavy atom. The van der Waals surface area contributed by atoms with Crippen molar-refractivity contribution in [1.82, 2.24) is 4.90 Å². The minimum Gasteiger partial charge on any atom is -0.369 e. The number of rotatable bonds is 6.